The van der Waals surface area contributed by atoms with E-state index in [1.165, 1.54) is 4.90 Å². The molecule has 0 spiro atoms. The van der Waals surface area contributed by atoms with Crippen LogP contribution in [0.2, 0.25) is 0 Å². The number of thiol groups is 1. The van der Waals surface area contributed by atoms with Crippen molar-refractivity contribution in [3.8, 4) is 0 Å². The van der Waals surface area contributed by atoms with Crippen LogP contribution in [-0.4, -0.2) is 51.7 Å². The fourth-order valence-corrected chi connectivity index (χ4v) is 3.31. The molecule has 136 valence electrons. The van der Waals surface area contributed by atoms with Crippen molar-refractivity contribution < 1.29 is 19.5 Å². The number of rotatable bonds is 6. The highest BCUT2D eigenvalue weighted by atomic mass is 32.1. The number of carbonyl (C=O) groups excluding carboxylic acids is 2. The number of likely N-dealkylation sites (tertiary alicyclic amines) is 1. The van der Waals surface area contributed by atoms with Gasteiger partial charge in [-0.3, -0.25) is 14.4 Å². The first-order valence-electron chi connectivity index (χ1n) is 8.43. The van der Waals surface area contributed by atoms with Gasteiger partial charge in [0.15, 0.2) is 0 Å². The van der Waals surface area contributed by atoms with Crippen LogP contribution in [0.15, 0.2) is 30.3 Å². The highest BCUT2D eigenvalue weighted by molar-refractivity contribution is 7.81. The van der Waals surface area contributed by atoms with Gasteiger partial charge in [-0.15, -0.1) is 0 Å². The van der Waals surface area contributed by atoms with E-state index in [-0.39, 0.29) is 24.4 Å². The summed E-state index contributed by atoms with van der Waals surface area (Å²) < 4.78 is 0. The number of hydrogen-bond donors (Lipinski definition) is 3. The van der Waals surface area contributed by atoms with E-state index in [2.05, 4.69) is 17.9 Å². The summed E-state index contributed by atoms with van der Waals surface area (Å²) in [6.45, 7) is 1.49. The summed E-state index contributed by atoms with van der Waals surface area (Å²) in [6.07, 6.45) is 2.45. The Labute approximate surface area is 153 Å². The van der Waals surface area contributed by atoms with Crippen LogP contribution < -0.4 is 5.32 Å². The van der Waals surface area contributed by atoms with Crippen molar-refractivity contribution in [1.29, 1.82) is 0 Å². The Bertz CT molecular complexity index is 623. The lowest BCUT2D eigenvalue weighted by molar-refractivity contribution is -0.147. The van der Waals surface area contributed by atoms with Crippen molar-refractivity contribution in [2.24, 2.45) is 0 Å². The molecule has 2 N–H and O–H groups in total. The molecule has 1 aromatic carbocycles. The minimum absolute atomic E-state index is 0.151. The second kappa shape index (κ2) is 8.89. The van der Waals surface area contributed by atoms with Gasteiger partial charge in [0.2, 0.25) is 11.8 Å². The number of benzene rings is 1. The summed E-state index contributed by atoms with van der Waals surface area (Å²) in [6, 6.07) is 8.69. The third-order valence-corrected chi connectivity index (χ3v) is 4.84. The van der Waals surface area contributed by atoms with Crippen molar-refractivity contribution in [3.63, 3.8) is 0 Å². The summed E-state index contributed by atoms with van der Waals surface area (Å²) in [5.74, 6) is -1.69. The van der Waals surface area contributed by atoms with Crippen LogP contribution in [0.3, 0.4) is 0 Å². The van der Waals surface area contributed by atoms with Crippen molar-refractivity contribution in [1.82, 2.24) is 10.2 Å². The van der Waals surface area contributed by atoms with Crippen molar-refractivity contribution >= 4 is 30.4 Å². The number of nitrogens with one attached hydrogen (secondary N) is 1. The predicted octanol–water partition coefficient (Wildman–Crippen LogP) is 1.50. The molecule has 7 heteroatoms. The molecular weight excluding hydrogens is 340 g/mol. The number of amides is 2. The molecule has 3 atom stereocenters. The maximum Gasteiger partial charge on any atom is 0.323 e. The summed E-state index contributed by atoms with van der Waals surface area (Å²) in [7, 11) is 0. The Kier molecular flexibility index (Phi) is 6.87. The molecule has 0 aliphatic carbocycles. The van der Waals surface area contributed by atoms with E-state index in [9.17, 15) is 14.4 Å². The highest BCUT2D eigenvalue weighted by Gasteiger charge is 2.33. The Hall–Kier alpha value is -2.02. The molecule has 1 fully saturated rings. The first kappa shape index (κ1) is 19.3. The molecule has 3 unspecified atom stereocenters. The zero-order valence-corrected chi connectivity index (χ0v) is 15.1. The molecule has 0 bridgehead atoms. The van der Waals surface area contributed by atoms with Gasteiger partial charge in [-0.2, -0.15) is 12.6 Å². The first-order valence-corrected chi connectivity index (χ1v) is 8.94. The van der Waals surface area contributed by atoms with Crippen LogP contribution in [0.5, 0.6) is 0 Å². The topological polar surface area (TPSA) is 86.7 Å². The van der Waals surface area contributed by atoms with Crippen LogP contribution in [0.25, 0.3) is 0 Å². The molecule has 2 rings (SSSR count). The van der Waals surface area contributed by atoms with E-state index in [4.69, 9.17) is 5.11 Å². The zero-order chi connectivity index (χ0) is 18.4. The second-order valence-corrected chi connectivity index (χ2v) is 7.03. The molecule has 0 radical (unpaired) electrons. The van der Waals surface area contributed by atoms with Crippen LogP contribution in [0, 0.1) is 0 Å². The maximum absolute atomic E-state index is 12.6. The fraction of sp³-hybridized carbons (Fsp3) is 0.500. The molecule has 0 aromatic heterocycles. The standard InChI is InChI=1S/C18H24N2O4S/c1-12-6-5-9-14(18(24)20(12)11-16(21)22)19-17(23)15(25)10-13-7-3-2-4-8-13/h2-4,7-8,12,14-15,25H,5-6,9-11H2,1H3,(H,19,23)(H,21,22). The van der Waals surface area contributed by atoms with Crippen LogP contribution in [0.1, 0.15) is 31.7 Å². The Morgan fingerprint density at radius 3 is 2.64 bits per heavy atom. The van der Waals surface area contributed by atoms with Crippen molar-refractivity contribution in [2.75, 3.05) is 6.54 Å². The average molecular weight is 364 g/mol. The van der Waals surface area contributed by atoms with Gasteiger partial charge in [0.1, 0.15) is 12.6 Å². The van der Waals surface area contributed by atoms with E-state index in [0.717, 1.165) is 18.4 Å². The van der Waals surface area contributed by atoms with Crippen molar-refractivity contribution in [2.45, 2.75) is 49.9 Å². The normalized spacial score (nSPS) is 22.2. The molecule has 6 nitrogen and oxygen atoms in total. The quantitative estimate of drug-likeness (QED) is 0.668. The number of nitrogens with zero attached hydrogens (tertiary/aromatic N) is 1. The fourth-order valence-electron chi connectivity index (χ4n) is 3.03. The van der Waals surface area contributed by atoms with E-state index in [1.807, 2.05) is 37.3 Å². The Morgan fingerprint density at radius 2 is 2.00 bits per heavy atom. The van der Waals surface area contributed by atoms with Crippen LogP contribution in [-0.2, 0) is 20.8 Å². The predicted molar refractivity (Wildman–Crippen MR) is 97.5 cm³/mol. The van der Waals surface area contributed by atoms with Gasteiger partial charge in [-0.05, 0) is 38.2 Å². The molecule has 1 saturated heterocycles. The van der Waals surface area contributed by atoms with E-state index >= 15 is 0 Å². The summed E-state index contributed by atoms with van der Waals surface area (Å²) >= 11 is 4.36. The maximum atomic E-state index is 12.6. The summed E-state index contributed by atoms with van der Waals surface area (Å²) in [5.41, 5.74) is 0.992. The number of carboxylic acid groups (broad SMARTS) is 1. The Balaban J connectivity index is 2.00. The van der Waals surface area contributed by atoms with E-state index < -0.39 is 17.3 Å². The van der Waals surface area contributed by atoms with E-state index in [1.54, 1.807) is 0 Å². The van der Waals surface area contributed by atoms with Gasteiger partial charge in [-0.25, -0.2) is 0 Å². The summed E-state index contributed by atoms with van der Waals surface area (Å²) in [5, 5.41) is 11.2. The summed E-state index contributed by atoms with van der Waals surface area (Å²) in [4.78, 5) is 37.4. The molecule has 1 aliphatic rings. The van der Waals surface area contributed by atoms with Crippen LogP contribution in [0.4, 0.5) is 0 Å². The minimum atomic E-state index is -1.05. The number of carbonyl (C=O) groups is 3. The smallest absolute Gasteiger partial charge is 0.323 e. The lowest BCUT2D eigenvalue weighted by Crippen LogP contribution is -2.52. The first-order chi connectivity index (χ1) is 11.9. The van der Waals surface area contributed by atoms with Gasteiger partial charge in [0.25, 0.3) is 0 Å². The number of hydrogen-bond acceptors (Lipinski definition) is 4. The van der Waals surface area contributed by atoms with Gasteiger partial charge < -0.3 is 15.3 Å². The van der Waals surface area contributed by atoms with E-state index in [0.29, 0.717) is 12.8 Å². The Morgan fingerprint density at radius 1 is 1.32 bits per heavy atom. The molecule has 1 aromatic rings. The molecule has 1 aliphatic heterocycles. The molecule has 1 heterocycles. The van der Waals surface area contributed by atoms with Gasteiger partial charge in [0, 0.05) is 6.04 Å². The largest absolute Gasteiger partial charge is 0.480 e. The minimum Gasteiger partial charge on any atom is -0.480 e. The third-order valence-electron chi connectivity index (χ3n) is 4.42. The number of aliphatic carboxylic acids is 1. The second-order valence-electron chi connectivity index (χ2n) is 6.41. The monoisotopic (exact) mass is 364 g/mol. The number of carboxylic acids is 1. The average Bonchev–Trinajstić information content (AvgIpc) is 2.69. The molecule has 25 heavy (non-hydrogen) atoms. The van der Waals surface area contributed by atoms with Gasteiger partial charge in [-0.1, -0.05) is 30.3 Å². The van der Waals surface area contributed by atoms with Crippen LogP contribution >= 0.6 is 12.6 Å². The van der Waals surface area contributed by atoms with Gasteiger partial charge >= 0.3 is 5.97 Å². The lowest BCUT2D eigenvalue weighted by atomic mass is 10.1. The molecule has 2 amide bonds. The highest BCUT2D eigenvalue weighted by Crippen LogP contribution is 2.18. The van der Waals surface area contributed by atoms with Crippen molar-refractivity contribution in [3.05, 3.63) is 35.9 Å². The molecule has 0 saturated carbocycles. The van der Waals surface area contributed by atoms with Gasteiger partial charge in [0.05, 0.1) is 5.25 Å². The lowest BCUT2D eigenvalue weighted by Gasteiger charge is -2.28. The SMILES string of the molecule is CC1CCCC(NC(=O)C(S)Cc2ccccc2)C(=O)N1CC(=O)O. The third kappa shape index (κ3) is 5.49. The zero-order valence-electron chi connectivity index (χ0n) is 14.2. The molecular formula is C18H24N2O4S.